The monoisotopic (exact) mass is 400 g/mol. The lowest BCUT2D eigenvalue weighted by Crippen LogP contribution is -2.33. The van der Waals surface area contributed by atoms with Gasteiger partial charge in [0.25, 0.3) is 0 Å². The standard InChI is InChI=1S/C16H15Br2Cl/c17-11-16(12-18,10-13-6-2-1-3-7-13)14-8-4-5-9-15(14)19/h1-9H,10-12H2. The van der Waals surface area contributed by atoms with Crippen LogP contribution in [0.5, 0.6) is 0 Å². The van der Waals surface area contributed by atoms with Gasteiger partial charge in [0.1, 0.15) is 0 Å². The normalized spacial score (nSPS) is 11.5. The molecule has 0 aromatic heterocycles. The van der Waals surface area contributed by atoms with Crippen LogP contribution in [0.15, 0.2) is 54.6 Å². The van der Waals surface area contributed by atoms with Crippen LogP contribution in [0.4, 0.5) is 0 Å². The zero-order valence-electron chi connectivity index (χ0n) is 10.5. The van der Waals surface area contributed by atoms with E-state index in [0.29, 0.717) is 0 Å². The van der Waals surface area contributed by atoms with E-state index in [2.05, 4.69) is 62.2 Å². The predicted octanol–water partition coefficient (Wildman–Crippen LogP) is 5.61. The van der Waals surface area contributed by atoms with Gasteiger partial charge in [-0.25, -0.2) is 0 Å². The highest BCUT2D eigenvalue weighted by Gasteiger charge is 2.32. The van der Waals surface area contributed by atoms with E-state index < -0.39 is 0 Å². The lowest BCUT2D eigenvalue weighted by atomic mass is 9.79. The number of benzene rings is 2. The summed E-state index contributed by atoms with van der Waals surface area (Å²) in [7, 11) is 0. The summed E-state index contributed by atoms with van der Waals surface area (Å²) in [4.78, 5) is 0. The number of hydrogen-bond donors (Lipinski definition) is 0. The fraction of sp³-hybridized carbons (Fsp3) is 0.250. The summed E-state index contributed by atoms with van der Waals surface area (Å²) < 4.78 is 0. The average Bonchev–Trinajstić information content (AvgIpc) is 2.47. The Morgan fingerprint density at radius 2 is 1.42 bits per heavy atom. The number of halogens is 3. The Kier molecular flexibility index (Phi) is 5.49. The molecule has 2 aromatic rings. The smallest absolute Gasteiger partial charge is 0.0444 e. The summed E-state index contributed by atoms with van der Waals surface area (Å²) in [6.45, 7) is 0. The van der Waals surface area contributed by atoms with Crippen molar-refractivity contribution < 1.29 is 0 Å². The molecule has 0 saturated carbocycles. The summed E-state index contributed by atoms with van der Waals surface area (Å²) in [6.07, 6.45) is 0.952. The summed E-state index contributed by atoms with van der Waals surface area (Å²) in [5, 5.41) is 2.56. The molecule has 3 heteroatoms. The number of alkyl halides is 2. The fourth-order valence-corrected chi connectivity index (χ4v) is 4.51. The summed E-state index contributed by atoms with van der Waals surface area (Å²) in [6, 6.07) is 18.6. The van der Waals surface area contributed by atoms with Gasteiger partial charge in [0.2, 0.25) is 0 Å². The number of hydrogen-bond acceptors (Lipinski definition) is 0. The van der Waals surface area contributed by atoms with Gasteiger partial charge in [-0.2, -0.15) is 0 Å². The molecule has 19 heavy (non-hydrogen) atoms. The van der Waals surface area contributed by atoms with Gasteiger partial charge in [0.15, 0.2) is 0 Å². The van der Waals surface area contributed by atoms with Gasteiger partial charge in [-0.15, -0.1) is 0 Å². The second-order valence-electron chi connectivity index (χ2n) is 4.69. The molecular formula is C16H15Br2Cl. The van der Waals surface area contributed by atoms with Gasteiger partial charge < -0.3 is 0 Å². The van der Waals surface area contributed by atoms with Crippen molar-refractivity contribution in [3.63, 3.8) is 0 Å². The predicted molar refractivity (Wildman–Crippen MR) is 90.9 cm³/mol. The third kappa shape index (κ3) is 3.42. The van der Waals surface area contributed by atoms with Crippen LogP contribution in [-0.4, -0.2) is 10.7 Å². The zero-order valence-corrected chi connectivity index (χ0v) is 14.4. The summed E-state index contributed by atoms with van der Waals surface area (Å²) in [5.41, 5.74) is 2.48. The largest absolute Gasteiger partial charge is 0.0918 e. The van der Waals surface area contributed by atoms with Crippen molar-refractivity contribution in [2.75, 3.05) is 10.7 Å². The Bertz CT molecular complexity index is 521. The first kappa shape index (κ1) is 15.1. The Morgan fingerprint density at radius 3 is 2.00 bits per heavy atom. The Balaban J connectivity index is 2.41. The van der Waals surface area contributed by atoms with Crippen molar-refractivity contribution >= 4 is 43.5 Å². The van der Waals surface area contributed by atoms with Crippen molar-refractivity contribution in [3.05, 3.63) is 70.7 Å². The van der Waals surface area contributed by atoms with E-state index in [1.165, 1.54) is 11.1 Å². The van der Waals surface area contributed by atoms with Gasteiger partial charge in [-0.1, -0.05) is 92.0 Å². The molecule has 2 aromatic carbocycles. The zero-order chi connectivity index (χ0) is 13.7. The molecule has 0 radical (unpaired) electrons. The van der Waals surface area contributed by atoms with Crippen LogP contribution in [0.25, 0.3) is 0 Å². The average molecular weight is 403 g/mol. The minimum absolute atomic E-state index is 0.0281. The van der Waals surface area contributed by atoms with Crippen LogP contribution in [0.3, 0.4) is 0 Å². The molecule has 0 nitrogen and oxygen atoms in total. The van der Waals surface area contributed by atoms with Crippen molar-refractivity contribution in [1.82, 2.24) is 0 Å². The molecule has 2 rings (SSSR count). The van der Waals surface area contributed by atoms with Crippen LogP contribution < -0.4 is 0 Å². The fourth-order valence-electron chi connectivity index (χ4n) is 2.25. The second kappa shape index (κ2) is 6.92. The van der Waals surface area contributed by atoms with Crippen LogP contribution in [0.2, 0.25) is 5.02 Å². The van der Waals surface area contributed by atoms with E-state index >= 15 is 0 Å². The van der Waals surface area contributed by atoms with Crippen LogP contribution >= 0.6 is 43.5 Å². The molecule has 0 atom stereocenters. The van der Waals surface area contributed by atoms with Crippen LogP contribution in [-0.2, 0) is 11.8 Å². The first-order valence-corrected chi connectivity index (χ1v) is 8.75. The van der Waals surface area contributed by atoms with Crippen molar-refractivity contribution in [2.24, 2.45) is 0 Å². The Hall–Kier alpha value is -0.310. The first-order chi connectivity index (χ1) is 9.22. The molecule has 0 aliphatic rings. The molecule has 0 heterocycles. The molecule has 0 bridgehead atoms. The number of rotatable bonds is 5. The molecule has 0 aliphatic heterocycles. The Morgan fingerprint density at radius 1 is 0.842 bits per heavy atom. The Labute approximate surface area is 136 Å². The van der Waals surface area contributed by atoms with Gasteiger partial charge >= 0.3 is 0 Å². The topological polar surface area (TPSA) is 0 Å². The molecule has 0 fully saturated rings. The lowest BCUT2D eigenvalue weighted by molar-refractivity contribution is 0.551. The van der Waals surface area contributed by atoms with Crippen molar-refractivity contribution in [3.8, 4) is 0 Å². The molecule has 0 N–H and O–H groups in total. The maximum absolute atomic E-state index is 6.39. The van der Waals surface area contributed by atoms with E-state index in [1.807, 2.05) is 24.3 Å². The minimum Gasteiger partial charge on any atom is -0.0918 e. The molecule has 0 aliphatic carbocycles. The van der Waals surface area contributed by atoms with Crippen LogP contribution in [0, 0.1) is 0 Å². The SMILES string of the molecule is Clc1ccccc1C(CBr)(CBr)Cc1ccccc1. The van der Waals surface area contributed by atoms with Crippen molar-refractivity contribution in [1.29, 1.82) is 0 Å². The van der Waals surface area contributed by atoms with Crippen LogP contribution in [0.1, 0.15) is 11.1 Å². The van der Waals surface area contributed by atoms with Gasteiger partial charge in [0, 0.05) is 21.1 Å². The molecule has 0 saturated heterocycles. The maximum Gasteiger partial charge on any atom is 0.0444 e. The first-order valence-electron chi connectivity index (χ1n) is 6.13. The molecule has 100 valence electrons. The maximum atomic E-state index is 6.39. The third-order valence-corrected chi connectivity index (χ3v) is 5.82. The quantitative estimate of drug-likeness (QED) is 0.570. The van der Waals surface area contributed by atoms with E-state index in [-0.39, 0.29) is 5.41 Å². The highest BCUT2D eigenvalue weighted by Crippen LogP contribution is 2.36. The molecule has 0 amide bonds. The van der Waals surface area contributed by atoms with Gasteiger partial charge in [0.05, 0.1) is 0 Å². The highest BCUT2D eigenvalue weighted by atomic mass is 79.9. The van der Waals surface area contributed by atoms with E-state index in [9.17, 15) is 0 Å². The summed E-state index contributed by atoms with van der Waals surface area (Å²) >= 11 is 13.7. The van der Waals surface area contributed by atoms with E-state index in [4.69, 9.17) is 11.6 Å². The highest BCUT2D eigenvalue weighted by molar-refractivity contribution is 9.09. The van der Waals surface area contributed by atoms with E-state index in [1.54, 1.807) is 0 Å². The van der Waals surface area contributed by atoms with Gasteiger partial charge in [-0.3, -0.25) is 0 Å². The minimum atomic E-state index is -0.0281. The molecular weight excluding hydrogens is 387 g/mol. The second-order valence-corrected chi connectivity index (χ2v) is 6.22. The third-order valence-electron chi connectivity index (χ3n) is 3.34. The summed E-state index contributed by atoms with van der Waals surface area (Å²) in [5.74, 6) is 0. The van der Waals surface area contributed by atoms with Gasteiger partial charge in [-0.05, 0) is 23.6 Å². The lowest BCUT2D eigenvalue weighted by Gasteiger charge is -2.31. The molecule has 0 spiro atoms. The van der Waals surface area contributed by atoms with E-state index in [0.717, 1.165) is 22.1 Å². The molecule has 0 unspecified atom stereocenters. The van der Waals surface area contributed by atoms with Crippen molar-refractivity contribution in [2.45, 2.75) is 11.8 Å².